The van der Waals surface area contributed by atoms with Gasteiger partial charge in [0, 0.05) is 11.3 Å². The Hall–Kier alpha value is -3.04. The molecule has 7 nitrogen and oxygen atoms in total. The van der Waals surface area contributed by atoms with Gasteiger partial charge >= 0.3 is 0 Å². The van der Waals surface area contributed by atoms with Gasteiger partial charge in [-0.15, -0.1) is 0 Å². The number of rotatable bonds is 5. The molecule has 12 heteroatoms. The predicted octanol–water partition coefficient (Wildman–Crippen LogP) is 6.52. The summed E-state index contributed by atoms with van der Waals surface area (Å²) in [7, 11) is 2.89. The quantitative estimate of drug-likeness (QED) is 0.145. The summed E-state index contributed by atoms with van der Waals surface area (Å²) in [5.41, 5.74) is 0.525. The normalized spacial score (nSPS) is 18.6. The number of aryl methyl sites for hydroxylation is 1. The number of anilines is 1. The van der Waals surface area contributed by atoms with Gasteiger partial charge in [-0.3, -0.25) is 19.3 Å². The highest BCUT2D eigenvalue weighted by Gasteiger charge is 2.59. The van der Waals surface area contributed by atoms with Crippen molar-refractivity contribution in [3.8, 4) is 11.5 Å². The molecule has 5 rings (SSSR count). The van der Waals surface area contributed by atoms with Gasteiger partial charge in [0.05, 0.1) is 51.5 Å². The topological polar surface area (TPSA) is 76.1 Å². The van der Waals surface area contributed by atoms with Crippen molar-refractivity contribution in [1.29, 1.82) is 0 Å². The Balaban J connectivity index is 1.69. The van der Waals surface area contributed by atoms with Crippen molar-refractivity contribution in [2.24, 2.45) is 0 Å². The van der Waals surface area contributed by atoms with Crippen LogP contribution in [-0.4, -0.2) is 42.9 Å². The van der Waals surface area contributed by atoms with Gasteiger partial charge in [0.25, 0.3) is 17.7 Å². The number of fused-ring (bicyclic) bond motifs is 1. The fourth-order valence-corrected chi connectivity index (χ4v) is 5.76. The lowest BCUT2D eigenvalue weighted by molar-refractivity contribution is -0.130. The summed E-state index contributed by atoms with van der Waals surface area (Å²) >= 11 is 24.9. The molecule has 2 aliphatic rings. The van der Waals surface area contributed by atoms with E-state index in [2.05, 4.69) is 0 Å². The molecule has 0 unspecified atom stereocenters. The zero-order valence-electron chi connectivity index (χ0n) is 19.9. The number of benzene rings is 3. The first-order valence-electron chi connectivity index (χ1n) is 11.1. The molecule has 2 heterocycles. The third-order valence-corrected chi connectivity index (χ3v) is 8.47. The first kappa shape index (κ1) is 26.6. The van der Waals surface area contributed by atoms with Gasteiger partial charge < -0.3 is 14.4 Å². The largest absolute Gasteiger partial charge is 0.497 e. The number of hydrogen-bond donors (Lipinski definition) is 0. The molecular weight excluding hydrogens is 581 g/mol. The lowest BCUT2D eigenvalue weighted by atomic mass is 9.85. The smallest absolute Gasteiger partial charge is 0.264 e. The molecule has 0 aliphatic carbocycles. The van der Waals surface area contributed by atoms with Crippen molar-refractivity contribution in [3.63, 3.8) is 0 Å². The van der Waals surface area contributed by atoms with Crippen LogP contribution < -0.4 is 14.4 Å². The van der Waals surface area contributed by atoms with Crippen LogP contribution in [0.2, 0.25) is 20.1 Å². The Bertz CT molecular complexity index is 1520. The van der Waals surface area contributed by atoms with Crippen LogP contribution in [0.3, 0.4) is 0 Å². The van der Waals surface area contributed by atoms with Gasteiger partial charge in [-0.2, -0.15) is 0 Å². The Morgan fingerprint density at radius 3 is 1.89 bits per heavy atom. The van der Waals surface area contributed by atoms with Crippen molar-refractivity contribution in [2.45, 2.75) is 19.0 Å². The summed E-state index contributed by atoms with van der Waals surface area (Å²) in [6.07, 6.45) is 0. The van der Waals surface area contributed by atoms with Crippen LogP contribution in [0, 0.1) is 12.7 Å². The van der Waals surface area contributed by atoms with Gasteiger partial charge in [-0.05, 0) is 42.8 Å². The van der Waals surface area contributed by atoms with Crippen LogP contribution in [-0.2, 0) is 4.79 Å². The van der Waals surface area contributed by atoms with Crippen LogP contribution in [0.1, 0.15) is 37.9 Å². The third-order valence-electron chi connectivity index (χ3n) is 6.67. The van der Waals surface area contributed by atoms with E-state index >= 15 is 0 Å². The third kappa shape index (κ3) is 3.73. The van der Waals surface area contributed by atoms with E-state index in [4.69, 9.17) is 55.9 Å². The van der Waals surface area contributed by atoms with E-state index in [-0.39, 0.29) is 36.9 Å². The molecule has 2 aliphatic heterocycles. The lowest BCUT2D eigenvalue weighted by Crippen LogP contribution is -2.67. The van der Waals surface area contributed by atoms with Crippen molar-refractivity contribution in [1.82, 2.24) is 4.90 Å². The SMILES string of the molecule is COc1ccc(OC)c([C@H]2[C@H](N3C(=O)c4c(Cl)c(Cl)c(Cl)c(Cl)c4C3=O)C(=O)N2c2ccc(C)c(F)c2)c1. The maximum atomic E-state index is 14.5. The molecule has 0 aromatic heterocycles. The van der Waals surface area contributed by atoms with Crippen LogP contribution in [0.15, 0.2) is 36.4 Å². The highest BCUT2D eigenvalue weighted by molar-refractivity contribution is 6.55. The molecule has 1 fully saturated rings. The summed E-state index contributed by atoms with van der Waals surface area (Å²) in [4.78, 5) is 43.0. The van der Waals surface area contributed by atoms with Crippen molar-refractivity contribution in [3.05, 3.63) is 84.6 Å². The molecule has 0 N–H and O–H groups in total. The number of methoxy groups -OCH3 is 2. The van der Waals surface area contributed by atoms with Gasteiger partial charge in [-0.25, -0.2) is 4.39 Å². The van der Waals surface area contributed by atoms with Gasteiger partial charge in [0.15, 0.2) is 0 Å². The molecule has 0 saturated carbocycles. The zero-order valence-corrected chi connectivity index (χ0v) is 23.0. The number of hydrogen-bond acceptors (Lipinski definition) is 5. The van der Waals surface area contributed by atoms with Gasteiger partial charge in [-0.1, -0.05) is 52.5 Å². The molecule has 0 spiro atoms. The van der Waals surface area contributed by atoms with Gasteiger partial charge in [0.2, 0.25) is 0 Å². The molecule has 3 amide bonds. The van der Waals surface area contributed by atoms with E-state index in [9.17, 15) is 18.8 Å². The maximum absolute atomic E-state index is 14.5. The molecule has 0 bridgehead atoms. The number of β-lactam (4-membered cyclic amide) rings is 1. The minimum absolute atomic E-state index is 0.192. The Morgan fingerprint density at radius 2 is 1.37 bits per heavy atom. The minimum Gasteiger partial charge on any atom is -0.497 e. The van der Waals surface area contributed by atoms with E-state index in [0.29, 0.717) is 22.6 Å². The minimum atomic E-state index is -1.35. The first-order valence-corrected chi connectivity index (χ1v) is 12.6. The Morgan fingerprint density at radius 1 is 0.763 bits per heavy atom. The van der Waals surface area contributed by atoms with E-state index in [1.165, 1.54) is 31.3 Å². The van der Waals surface area contributed by atoms with E-state index in [0.717, 1.165) is 4.90 Å². The summed E-state index contributed by atoms with van der Waals surface area (Å²) in [6, 6.07) is 6.87. The zero-order chi connectivity index (χ0) is 27.6. The Kier molecular flexibility index (Phi) is 6.72. The molecular formula is C26H17Cl4FN2O5. The maximum Gasteiger partial charge on any atom is 0.264 e. The molecule has 2 atom stereocenters. The standard InChI is InChI=1S/C26H17Cl4FN2O5/c1-10-4-5-11(8-14(10)31)32-22(13-9-12(37-2)6-7-15(13)38-3)23(26(32)36)33-24(34)16-17(25(33)35)19(28)21(30)20(29)18(16)27/h4-9,22-23H,1-3H3/t22-,23-/m0/s1. The van der Waals surface area contributed by atoms with Crippen molar-refractivity contribution >= 4 is 69.8 Å². The predicted molar refractivity (Wildman–Crippen MR) is 142 cm³/mol. The van der Waals surface area contributed by atoms with Gasteiger partial charge in [0.1, 0.15) is 23.4 Å². The number of imide groups is 1. The number of halogens is 5. The first-order chi connectivity index (χ1) is 18.0. The Labute approximate surface area is 236 Å². The van der Waals surface area contributed by atoms with Crippen molar-refractivity contribution in [2.75, 3.05) is 19.1 Å². The second-order valence-electron chi connectivity index (χ2n) is 8.63. The summed E-state index contributed by atoms with van der Waals surface area (Å²) in [5, 5.41) is -0.890. The number of nitrogens with zero attached hydrogens (tertiary/aromatic N) is 2. The summed E-state index contributed by atoms with van der Waals surface area (Å²) in [6.45, 7) is 1.59. The average molecular weight is 598 g/mol. The molecule has 0 radical (unpaired) electrons. The number of ether oxygens (including phenoxy) is 2. The monoisotopic (exact) mass is 596 g/mol. The summed E-state index contributed by atoms with van der Waals surface area (Å²) in [5.74, 6) is -2.11. The number of amides is 3. The molecule has 3 aromatic rings. The van der Waals surface area contributed by atoms with E-state index in [1.54, 1.807) is 31.2 Å². The van der Waals surface area contributed by atoms with E-state index in [1.807, 2.05) is 0 Å². The molecule has 196 valence electrons. The van der Waals surface area contributed by atoms with Crippen LogP contribution in [0.25, 0.3) is 0 Å². The van der Waals surface area contributed by atoms with Crippen LogP contribution in [0.5, 0.6) is 11.5 Å². The summed E-state index contributed by atoms with van der Waals surface area (Å²) < 4.78 is 25.4. The fourth-order valence-electron chi connectivity index (χ4n) is 4.74. The highest BCUT2D eigenvalue weighted by Crippen LogP contribution is 2.50. The highest BCUT2D eigenvalue weighted by atomic mass is 35.5. The number of carbonyl (C=O) groups excluding carboxylic acids is 3. The van der Waals surface area contributed by atoms with Crippen LogP contribution in [0.4, 0.5) is 10.1 Å². The van der Waals surface area contributed by atoms with Crippen LogP contribution >= 0.6 is 46.4 Å². The molecule has 38 heavy (non-hydrogen) atoms. The lowest BCUT2D eigenvalue weighted by Gasteiger charge is -2.50. The van der Waals surface area contributed by atoms with Crippen molar-refractivity contribution < 1.29 is 28.2 Å². The average Bonchev–Trinajstić information content (AvgIpc) is 3.16. The second-order valence-corrected chi connectivity index (χ2v) is 10.1. The molecule has 1 saturated heterocycles. The fraction of sp³-hybridized carbons (Fsp3) is 0.192. The number of carbonyl (C=O) groups is 3. The second kappa shape index (κ2) is 9.61. The van der Waals surface area contributed by atoms with E-state index < -0.39 is 35.6 Å². The molecule has 3 aromatic carbocycles.